The number of nitrogens with zero attached hydrogens (tertiary/aromatic N) is 2. The summed E-state index contributed by atoms with van der Waals surface area (Å²) in [6, 6.07) is 1.87. The predicted molar refractivity (Wildman–Crippen MR) is 53.3 cm³/mol. The van der Waals surface area contributed by atoms with Crippen molar-refractivity contribution in [1.82, 2.24) is 10.1 Å². The highest BCUT2D eigenvalue weighted by Crippen LogP contribution is 2.40. The van der Waals surface area contributed by atoms with E-state index >= 15 is 0 Å². The second kappa shape index (κ2) is 3.73. The third-order valence-corrected chi connectivity index (χ3v) is 3.36. The summed E-state index contributed by atoms with van der Waals surface area (Å²) < 4.78 is 42.0. The van der Waals surface area contributed by atoms with Crippen molar-refractivity contribution in [2.75, 3.05) is 13.1 Å². The first-order chi connectivity index (χ1) is 8.02. The maximum absolute atomic E-state index is 12.3. The van der Waals surface area contributed by atoms with E-state index in [4.69, 9.17) is 4.52 Å². The fourth-order valence-corrected chi connectivity index (χ4v) is 2.10. The van der Waals surface area contributed by atoms with Crippen molar-refractivity contribution < 1.29 is 17.7 Å². The fraction of sp³-hybridized carbons (Fsp3) is 0.727. The molecule has 0 amide bonds. The highest BCUT2D eigenvalue weighted by molar-refractivity contribution is 5.14. The average molecular weight is 246 g/mol. The largest absolute Gasteiger partial charge is 0.394 e. The van der Waals surface area contributed by atoms with E-state index in [1.807, 2.05) is 6.07 Å². The highest BCUT2D eigenvalue weighted by atomic mass is 19.4. The zero-order valence-electron chi connectivity index (χ0n) is 9.20. The Balaban J connectivity index is 1.51. The molecule has 1 aromatic rings. The van der Waals surface area contributed by atoms with Crippen molar-refractivity contribution in [2.45, 2.75) is 31.5 Å². The van der Waals surface area contributed by atoms with Gasteiger partial charge in [-0.3, -0.25) is 4.90 Å². The Morgan fingerprint density at radius 2 is 2.06 bits per heavy atom. The lowest BCUT2D eigenvalue weighted by atomic mass is 9.99. The normalized spacial score (nSPS) is 22.8. The number of likely N-dealkylation sites (tertiary alicyclic amines) is 1. The maximum atomic E-state index is 12.3. The molecule has 1 saturated heterocycles. The number of rotatable bonds is 3. The van der Waals surface area contributed by atoms with Crippen molar-refractivity contribution >= 4 is 0 Å². The summed E-state index contributed by atoms with van der Waals surface area (Å²) in [6.45, 7) is 0.618. The molecule has 0 spiro atoms. The second-order valence-corrected chi connectivity index (χ2v) is 4.93. The van der Waals surface area contributed by atoms with Crippen molar-refractivity contribution in [1.29, 1.82) is 0 Å². The molecule has 1 aromatic heterocycles. The van der Waals surface area contributed by atoms with Crippen LogP contribution in [-0.2, 0) is 6.54 Å². The van der Waals surface area contributed by atoms with Gasteiger partial charge in [-0.15, -0.1) is 0 Å². The zero-order valence-corrected chi connectivity index (χ0v) is 9.20. The predicted octanol–water partition coefficient (Wildman–Crippen LogP) is 2.55. The Labute approximate surface area is 96.6 Å². The van der Waals surface area contributed by atoms with E-state index in [1.54, 1.807) is 4.90 Å². The van der Waals surface area contributed by atoms with Gasteiger partial charge in [-0.2, -0.15) is 13.2 Å². The molecular formula is C11H13F3N2O. The molecule has 0 radical (unpaired) electrons. The number of halogens is 3. The van der Waals surface area contributed by atoms with E-state index in [-0.39, 0.29) is 13.1 Å². The van der Waals surface area contributed by atoms with E-state index in [2.05, 4.69) is 5.16 Å². The van der Waals surface area contributed by atoms with Crippen molar-refractivity contribution in [3.05, 3.63) is 17.5 Å². The molecule has 94 valence electrons. The molecular weight excluding hydrogens is 233 g/mol. The Hall–Kier alpha value is -1.04. The number of hydrogen-bond acceptors (Lipinski definition) is 3. The Kier molecular flexibility index (Phi) is 2.43. The summed E-state index contributed by atoms with van der Waals surface area (Å²) in [6.07, 6.45) is -1.79. The third kappa shape index (κ3) is 2.31. The topological polar surface area (TPSA) is 29.3 Å². The Morgan fingerprint density at radius 3 is 2.65 bits per heavy atom. The molecule has 2 fully saturated rings. The summed E-state index contributed by atoms with van der Waals surface area (Å²) in [5.74, 6) is 0.209. The van der Waals surface area contributed by atoms with E-state index in [0.29, 0.717) is 12.5 Å². The van der Waals surface area contributed by atoms with Crippen molar-refractivity contribution in [3.63, 3.8) is 0 Å². The van der Waals surface area contributed by atoms with Crippen LogP contribution in [0.25, 0.3) is 0 Å². The number of hydrogen-bond donors (Lipinski definition) is 0. The van der Waals surface area contributed by atoms with Crippen LogP contribution in [0.15, 0.2) is 10.6 Å². The lowest BCUT2D eigenvalue weighted by molar-refractivity contribution is -0.210. The van der Waals surface area contributed by atoms with Crippen molar-refractivity contribution in [3.8, 4) is 0 Å². The number of alkyl halides is 3. The molecule has 0 N–H and O–H groups in total. The van der Waals surface area contributed by atoms with Gasteiger partial charge in [0, 0.05) is 31.6 Å². The van der Waals surface area contributed by atoms with Crippen LogP contribution in [0, 0.1) is 5.92 Å². The molecule has 0 bridgehead atoms. The van der Waals surface area contributed by atoms with Gasteiger partial charge in [-0.1, -0.05) is 5.16 Å². The van der Waals surface area contributed by atoms with Crippen LogP contribution in [0.4, 0.5) is 13.2 Å². The minimum atomic E-state index is -4.06. The van der Waals surface area contributed by atoms with Crippen molar-refractivity contribution in [2.24, 2.45) is 5.92 Å². The molecule has 0 aromatic carbocycles. The Bertz CT molecular complexity index is 405. The molecule has 2 heterocycles. The molecule has 17 heavy (non-hydrogen) atoms. The van der Waals surface area contributed by atoms with E-state index in [0.717, 1.165) is 24.3 Å². The van der Waals surface area contributed by atoms with Gasteiger partial charge in [0.25, 0.3) is 0 Å². The van der Waals surface area contributed by atoms with Gasteiger partial charge in [-0.05, 0) is 12.8 Å². The SMILES string of the molecule is FC(F)(F)C1CN(Cc2cc(C3CC3)on2)C1. The van der Waals surface area contributed by atoms with Gasteiger partial charge in [0.05, 0.1) is 11.6 Å². The fourth-order valence-electron chi connectivity index (χ4n) is 2.10. The summed E-state index contributed by atoms with van der Waals surface area (Å²) in [4.78, 5) is 1.74. The molecule has 0 atom stereocenters. The van der Waals surface area contributed by atoms with Crippen LogP contribution in [0.2, 0.25) is 0 Å². The minimum Gasteiger partial charge on any atom is -0.361 e. The molecule has 2 aliphatic rings. The molecule has 6 heteroatoms. The smallest absolute Gasteiger partial charge is 0.361 e. The van der Waals surface area contributed by atoms with Crippen LogP contribution < -0.4 is 0 Å². The lowest BCUT2D eigenvalue weighted by Crippen LogP contribution is -2.52. The van der Waals surface area contributed by atoms with Gasteiger partial charge < -0.3 is 4.52 Å². The third-order valence-electron chi connectivity index (χ3n) is 3.36. The summed E-state index contributed by atoms with van der Waals surface area (Å²) in [7, 11) is 0. The highest BCUT2D eigenvalue weighted by Gasteiger charge is 2.47. The first-order valence-electron chi connectivity index (χ1n) is 5.77. The molecule has 3 rings (SSSR count). The average Bonchev–Trinajstić information content (AvgIpc) is 2.90. The number of aromatic nitrogens is 1. The molecule has 0 unspecified atom stereocenters. The molecule has 3 nitrogen and oxygen atoms in total. The van der Waals surface area contributed by atoms with E-state index in [1.165, 1.54) is 0 Å². The standard InChI is InChI=1S/C11H13F3N2O/c12-11(13,14)8-4-16(5-8)6-9-3-10(17-15-9)7-1-2-7/h3,7-8H,1-2,4-6H2. The quantitative estimate of drug-likeness (QED) is 0.820. The zero-order chi connectivity index (χ0) is 12.0. The van der Waals surface area contributed by atoms with Gasteiger partial charge >= 0.3 is 6.18 Å². The van der Waals surface area contributed by atoms with Crippen LogP contribution in [0.3, 0.4) is 0 Å². The van der Waals surface area contributed by atoms with Gasteiger partial charge in [0.15, 0.2) is 0 Å². The molecule has 1 aliphatic heterocycles. The van der Waals surface area contributed by atoms with E-state index in [9.17, 15) is 13.2 Å². The second-order valence-electron chi connectivity index (χ2n) is 4.93. The van der Waals surface area contributed by atoms with Crippen LogP contribution in [-0.4, -0.2) is 29.3 Å². The Morgan fingerprint density at radius 1 is 1.35 bits per heavy atom. The van der Waals surface area contributed by atoms with Gasteiger partial charge in [0.1, 0.15) is 5.76 Å². The maximum Gasteiger partial charge on any atom is 0.394 e. The lowest BCUT2D eigenvalue weighted by Gasteiger charge is -2.39. The van der Waals surface area contributed by atoms with Crippen LogP contribution in [0.1, 0.15) is 30.2 Å². The summed E-state index contributed by atoms with van der Waals surface area (Å²) in [5.41, 5.74) is 0.743. The first kappa shape index (κ1) is 11.1. The first-order valence-corrected chi connectivity index (χ1v) is 5.77. The summed E-state index contributed by atoms with van der Waals surface area (Å²) >= 11 is 0. The summed E-state index contributed by atoms with van der Waals surface area (Å²) in [5, 5.41) is 3.89. The van der Waals surface area contributed by atoms with Gasteiger partial charge in [-0.25, -0.2) is 0 Å². The van der Waals surface area contributed by atoms with Crippen LogP contribution in [0.5, 0.6) is 0 Å². The van der Waals surface area contributed by atoms with Gasteiger partial charge in [0.2, 0.25) is 0 Å². The molecule has 1 saturated carbocycles. The molecule has 1 aliphatic carbocycles. The minimum absolute atomic E-state index is 0.0785. The van der Waals surface area contributed by atoms with Crippen LogP contribution >= 0.6 is 0 Å². The van der Waals surface area contributed by atoms with E-state index < -0.39 is 12.1 Å². The monoisotopic (exact) mass is 246 g/mol.